The molecule has 0 bridgehead atoms. The van der Waals surface area contributed by atoms with E-state index in [9.17, 15) is 5.11 Å². The first-order valence-electron chi connectivity index (χ1n) is 6.38. The smallest absolute Gasteiger partial charge is 0.121 e. The Kier molecular flexibility index (Phi) is 3.22. The Morgan fingerprint density at radius 1 is 1.06 bits per heavy atom. The molecule has 0 heterocycles. The molecule has 1 aromatic rings. The molecule has 1 N–H and O–H groups in total. The summed E-state index contributed by atoms with van der Waals surface area (Å²) in [7, 11) is 0. The minimum absolute atomic E-state index is 0.533. The fourth-order valence-corrected chi connectivity index (χ4v) is 2.88. The number of aryl methyl sites for hydroxylation is 2. The Labute approximate surface area is 98.5 Å². The highest BCUT2D eigenvalue weighted by atomic mass is 16.3. The van der Waals surface area contributed by atoms with Crippen LogP contribution in [0, 0.1) is 19.8 Å². The van der Waals surface area contributed by atoms with E-state index in [0.717, 1.165) is 11.5 Å². The highest BCUT2D eigenvalue weighted by Gasteiger charge is 2.22. The molecule has 0 radical (unpaired) electrons. The van der Waals surface area contributed by atoms with Crippen molar-refractivity contribution in [2.24, 2.45) is 5.92 Å². The maximum absolute atomic E-state index is 10.1. The Bertz CT molecular complexity index is 373. The highest BCUT2D eigenvalue weighted by molar-refractivity contribution is 5.44. The first-order valence-corrected chi connectivity index (χ1v) is 6.38. The van der Waals surface area contributed by atoms with Gasteiger partial charge in [0, 0.05) is 0 Å². The van der Waals surface area contributed by atoms with Gasteiger partial charge in [0.25, 0.3) is 0 Å². The molecule has 0 unspecified atom stereocenters. The molecule has 0 aliphatic heterocycles. The Morgan fingerprint density at radius 2 is 1.69 bits per heavy atom. The predicted octanol–water partition coefficient (Wildman–Crippen LogP) is 4.30. The summed E-state index contributed by atoms with van der Waals surface area (Å²) < 4.78 is 0. The van der Waals surface area contributed by atoms with Crippen LogP contribution in [0.1, 0.15) is 55.2 Å². The number of aromatic hydroxyl groups is 1. The van der Waals surface area contributed by atoms with Crippen LogP contribution in [0.2, 0.25) is 0 Å². The molecule has 2 rings (SSSR count). The van der Waals surface area contributed by atoms with E-state index in [4.69, 9.17) is 0 Å². The maximum atomic E-state index is 10.1. The molecular formula is C15H22O. The molecule has 1 aromatic carbocycles. The zero-order valence-electron chi connectivity index (χ0n) is 10.6. The monoisotopic (exact) mass is 218 g/mol. The van der Waals surface area contributed by atoms with Crippen molar-refractivity contribution in [1.82, 2.24) is 0 Å². The number of hydrogen-bond acceptors (Lipinski definition) is 1. The van der Waals surface area contributed by atoms with Crippen LogP contribution in [0.3, 0.4) is 0 Å². The fraction of sp³-hybridized carbons (Fsp3) is 0.600. The van der Waals surface area contributed by atoms with Crippen molar-refractivity contribution in [1.29, 1.82) is 0 Å². The number of benzene rings is 1. The molecule has 1 fully saturated rings. The third-order valence-corrected chi connectivity index (χ3v) is 3.93. The first-order chi connectivity index (χ1) is 7.58. The SMILES string of the molecule is Cc1cc(C)c(O)c(C2CCC(C)CC2)c1. The van der Waals surface area contributed by atoms with Crippen molar-refractivity contribution < 1.29 is 5.11 Å². The second-order valence-electron chi connectivity index (χ2n) is 5.48. The van der Waals surface area contributed by atoms with Crippen LogP contribution in [0.4, 0.5) is 0 Å². The molecule has 1 aliphatic rings. The molecule has 0 spiro atoms. The molecule has 0 saturated heterocycles. The van der Waals surface area contributed by atoms with Gasteiger partial charge in [0.05, 0.1) is 0 Å². The van der Waals surface area contributed by atoms with Crippen LogP contribution >= 0.6 is 0 Å². The van der Waals surface area contributed by atoms with Crippen LogP contribution in [0.15, 0.2) is 12.1 Å². The van der Waals surface area contributed by atoms with Gasteiger partial charge in [-0.15, -0.1) is 0 Å². The van der Waals surface area contributed by atoms with Gasteiger partial charge in [-0.05, 0) is 49.7 Å². The normalized spacial score (nSPS) is 25.7. The standard InChI is InChI=1S/C15H22O/c1-10-4-6-13(7-5-10)14-9-11(2)8-12(3)15(14)16/h8-10,13,16H,4-7H2,1-3H3. The van der Waals surface area contributed by atoms with E-state index in [0.29, 0.717) is 11.7 Å². The summed E-state index contributed by atoms with van der Waals surface area (Å²) in [5, 5.41) is 10.1. The summed E-state index contributed by atoms with van der Waals surface area (Å²) in [6.07, 6.45) is 5.07. The topological polar surface area (TPSA) is 20.2 Å². The van der Waals surface area contributed by atoms with Gasteiger partial charge in [-0.1, -0.05) is 37.5 Å². The van der Waals surface area contributed by atoms with E-state index in [2.05, 4.69) is 26.0 Å². The molecule has 1 saturated carbocycles. The highest BCUT2D eigenvalue weighted by Crippen LogP contribution is 2.40. The van der Waals surface area contributed by atoms with Gasteiger partial charge >= 0.3 is 0 Å². The maximum Gasteiger partial charge on any atom is 0.121 e. The Balaban J connectivity index is 2.26. The lowest BCUT2D eigenvalue weighted by atomic mass is 9.78. The van der Waals surface area contributed by atoms with Gasteiger partial charge in [0.1, 0.15) is 5.75 Å². The van der Waals surface area contributed by atoms with Crippen molar-refractivity contribution in [3.63, 3.8) is 0 Å². The van der Waals surface area contributed by atoms with E-state index in [1.165, 1.54) is 36.8 Å². The van der Waals surface area contributed by atoms with Crippen molar-refractivity contribution in [2.75, 3.05) is 0 Å². The van der Waals surface area contributed by atoms with Gasteiger partial charge in [0.2, 0.25) is 0 Å². The van der Waals surface area contributed by atoms with Gasteiger partial charge in [-0.25, -0.2) is 0 Å². The lowest BCUT2D eigenvalue weighted by Crippen LogP contribution is -2.11. The van der Waals surface area contributed by atoms with Crippen molar-refractivity contribution >= 4 is 0 Å². The molecule has 88 valence electrons. The van der Waals surface area contributed by atoms with Gasteiger partial charge in [-0.3, -0.25) is 0 Å². The van der Waals surface area contributed by atoms with E-state index >= 15 is 0 Å². The second kappa shape index (κ2) is 4.48. The van der Waals surface area contributed by atoms with Crippen molar-refractivity contribution in [2.45, 2.75) is 52.4 Å². The molecule has 1 nitrogen and oxygen atoms in total. The third kappa shape index (κ3) is 2.23. The Morgan fingerprint density at radius 3 is 2.31 bits per heavy atom. The number of hydrogen-bond donors (Lipinski definition) is 1. The molecule has 0 atom stereocenters. The first kappa shape index (κ1) is 11.5. The minimum Gasteiger partial charge on any atom is -0.507 e. The van der Waals surface area contributed by atoms with Crippen LogP contribution in [-0.2, 0) is 0 Å². The molecule has 1 heteroatoms. The lowest BCUT2D eigenvalue weighted by Gasteiger charge is -2.27. The quantitative estimate of drug-likeness (QED) is 0.745. The second-order valence-corrected chi connectivity index (χ2v) is 5.48. The summed E-state index contributed by atoms with van der Waals surface area (Å²) in [5.41, 5.74) is 3.47. The van der Waals surface area contributed by atoms with E-state index < -0.39 is 0 Å². The average Bonchev–Trinajstić information content (AvgIpc) is 2.25. The van der Waals surface area contributed by atoms with Crippen LogP contribution in [0.25, 0.3) is 0 Å². The Hall–Kier alpha value is -0.980. The van der Waals surface area contributed by atoms with E-state index in [1.54, 1.807) is 0 Å². The third-order valence-electron chi connectivity index (χ3n) is 3.93. The lowest BCUT2D eigenvalue weighted by molar-refractivity contribution is 0.340. The van der Waals surface area contributed by atoms with Gasteiger partial charge in [-0.2, -0.15) is 0 Å². The fourth-order valence-electron chi connectivity index (χ4n) is 2.88. The summed E-state index contributed by atoms with van der Waals surface area (Å²) in [6, 6.07) is 4.23. The molecule has 0 amide bonds. The average molecular weight is 218 g/mol. The number of rotatable bonds is 1. The largest absolute Gasteiger partial charge is 0.507 e. The zero-order chi connectivity index (χ0) is 11.7. The number of phenolic OH excluding ortho intramolecular Hbond substituents is 1. The van der Waals surface area contributed by atoms with Crippen LogP contribution in [-0.4, -0.2) is 5.11 Å². The summed E-state index contributed by atoms with van der Waals surface area (Å²) in [5.74, 6) is 1.98. The summed E-state index contributed by atoms with van der Waals surface area (Å²) >= 11 is 0. The van der Waals surface area contributed by atoms with E-state index in [1.807, 2.05) is 6.92 Å². The van der Waals surface area contributed by atoms with E-state index in [-0.39, 0.29) is 0 Å². The number of phenols is 1. The molecular weight excluding hydrogens is 196 g/mol. The summed E-state index contributed by atoms with van der Waals surface area (Å²) in [4.78, 5) is 0. The molecule has 0 aromatic heterocycles. The van der Waals surface area contributed by atoms with Crippen molar-refractivity contribution in [3.05, 3.63) is 28.8 Å². The zero-order valence-corrected chi connectivity index (χ0v) is 10.6. The minimum atomic E-state index is 0.533. The predicted molar refractivity (Wildman–Crippen MR) is 68.0 cm³/mol. The van der Waals surface area contributed by atoms with Gasteiger partial charge < -0.3 is 5.11 Å². The molecule has 1 aliphatic carbocycles. The van der Waals surface area contributed by atoms with Gasteiger partial charge in [0.15, 0.2) is 0 Å². The molecule has 16 heavy (non-hydrogen) atoms. The van der Waals surface area contributed by atoms with Crippen LogP contribution < -0.4 is 0 Å². The summed E-state index contributed by atoms with van der Waals surface area (Å²) in [6.45, 7) is 6.44. The van der Waals surface area contributed by atoms with Crippen LogP contribution in [0.5, 0.6) is 5.75 Å². The van der Waals surface area contributed by atoms with Crippen molar-refractivity contribution in [3.8, 4) is 5.75 Å².